The zero-order valence-corrected chi connectivity index (χ0v) is 14.4. The number of benzene rings is 1. The summed E-state index contributed by atoms with van der Waals surface area (Å²) < 4.78 is 1.92. The predicted molar refractivity (Wildman–Crippen MR) is 97.8 cm³/mol. The molecule has 5 heteroatoms. The van der Waals surface area contributed by atoms with Gasteiger partial charge in [0.15, 0.2) is 0 Å². The second kappa shape index (κ2) is 6.14. The second-order valence-electron chi connectivity index (χ2n) is 6.01. The van der Waals surface area contributed by atoms with Crippen LogP contribution >= 0.6 is 11.3 Å². The van der Waals surface area contributed by atoms with Crippen LogP contribution in [0.2, 0.25) is 0 Å². The summed E-state index contributed by atoms with van der Waals surface area (Å²) in [5, 5.41) is 17.9. The van der Waals surface area contributed by atoms with Crippen LogP contribution in [0.4, 0.5) is 5.82 Å². The lowest BCUT2D eigenvalue weighted by Crippen LogP contribution is -2.08. The van der Waals surface area contributed by atoms with Crippen LogP contribution < -0.4 is 5.32 Å². The molecule has 0 saturated heterocycles. The number of rotatable bonds is 2. The van der Waals surface area contributed by atoms with Gasteiger partial charge in [-0.2, -0.15) is 10.4 Å². The molecule has 1 aromatic carbocycles. The van der Waals surface area contributed by atoms with E-state index < -0.39 is 0 Å². The molecule has 0 amide bonds. The quantitative estimate of drug-likeness (QED) is 0.749. The molecule has 0 atom stereocenters. The number of anilines is 1. The van der Waals surface area contributed by atoms with Gasteiger partial charge in [0.1, 0.15) is 17.6 Å². The zero-order chi connectivity index (χ0) is 16.5. The number of thiophene rings is 1. The number of nitrogens with one attached hydrogen (secondary N) is 1. The summed E-state index contributed by atoms with van der Waals surface area (Å²) in [5.74, 6) is 1.04. The third-order valence-electron chi connectivity index (χ3n) is 4.36. The van der Waals surface area contributed by atoms with Gasteiger partial charge >= 0.3 is 0 Å². The van der Waals surface area contributed by atoms with E-state index in [1.165, 1.54) is 15.3 Å². The average molecular weight is 334 g/mol. The van der Waals surface area contributed by atoms with E-state index in [0.717, 1.165) is 43.0 Å². The molecule has 1 N–H and O–H groups in total. The summed E-state index contributed by atoms with van der Waals surface area (Å²) >= 11 is 1.77. The van der Waals surface area contributed by atoms with Crippen molar-refractivity contribution in [1.82, 2.24) is 9.78 Å². The Balaban J connectivity index is 1.95. The molecule has 4 nitrogen and oxygen atoms in total. The first-order valence-electron chi connectivity index (χ1n) is 8.20. The summed E-state index contributed by atoms with van der Waals surface area (Å²) in [5.41, 5.74) is 3.79. The molecule has 0 aliphatic carbocycles. The van der Waals surface area contributed by atoms with Gasteiger partial charge in [0.05, 0.1) is 16.1 Å². The van der Waals surface area contributed by atoms with Crippen LogP contribution in [0.5, 0.6) is 0 Å². The molecule has 0 saturated carbocycles. The molecular formula is C19H18N4S. The first kappa shape index (κ1) is 15.0. The van der Waals surface area contributed by atoms with Crippen LogP contribution in [0.25, 0.3) is 16.3 Å². The molecule has 0 unspecified atom stereocenters. The number of nitrogens with zero attached hydrogens (tertiary/aromatic N) is 3. The smallest absolute Gasteiger partial charge is 0.133 e. The Morgan fingerprint density at radius 2 is 2.08 bits per heavy atom. The van der Waals surface area contributed by atoms with E-state index in [9.17, 15) is 5.26 Å². The van der Waals surface area contributed by atoms with Crippen molar-refractivity contribution >= 4 is 17.2 Å². The molecule has 1 aliphatic rings. The highest BCUT2D eigenvalue weighted by molar-refractivity contribution is 7.15. The predicted octanol–water partition coefficient (Wildman–Crippen LogP) is 4.53. The maximum absolute atomic E-state index is 9.46. The van der Waals surface area contributed by atoms with Crippen LogP contribution in [0.3, 0.4) is 0 Å². The van der Waals surface area contributed by atoms with E-state index in [1.807, 2.05) is 28.9 Å². The minimum absolute atomic E-state index is 0.641. The lowest BCUT2D eigenvalue weighted by atomic mass is 10.1. The Hall–Kier alpha value is -2.58. The number of hydrogen-bond acceptors (Lipinski definition) is 4. The Kier molecular flexibility index (Phi) is 3.83. The Morgan fingerprint density at radius 1 is 1.21 bits per heavy atom. The molecule has 4 rings (SSSR count). The summed E-state index contributed by atoms with van der Waals surface area (Å²) in [7, 11) is 0. The molecule has 0 spiro atoms. The summed E-state index contributed by atoms with van der Waals surface area (Å²) in [6.45, 7) is 3.06. The van der Waals surface area contributed by atoms with Crippen molar-refractivity contribution in [2.75, 3.05) is 11.9 Å². The van der Waals surface area contributed by atoms with E-state index in [4.69, 9.17) is 5.10 Å². The summed E-state index contributed by atoms with van der Waals surface area (Å²) in [6.07, 6.45) is 3.32. The second-order valence-corrected chi connectivity index (χ2v) is 7.30. The van der Waals surface area contributed by atoms with E-state index in [1.54, 1.807) is 11.3 Å². The van der Waals surface area contributed by atoms with Crippen molar-refractivity contribution in [2.24, 2.45) is 0 Å². The molecule has 3 aromatic rings. The number of para-hydroxylation sites is 1. The van der Waals surface area contributed by atoms with Gasteiger partial charge in [-0.25, -0.2) is 4.68 Å². The monoisotopic (exact) mass is 334 g/mol. The van der Waals surface area contributed by atoms with Gasteiger partial charge in [0.2, 0.25) is 0 Å². The maximum Gasteiger partial charge on any atom is 0.133 e. The van der Waals surface area contributed by atoms with Crippen LogP contribution in [-0.2, 0) is 6.42 Å². The molecule has 120 valence electrons. The van der Waals surface area contributed by atoms with E-state index in [0.29, 0.717) is 5.56 Å². The summed E-state index contributed by atoms with van der Waals surface area (Å²) in [4.78, 5) is 2.48. The van der Waals surface area contributed by atoms with Crippen molar-refractivity contribution in [3.8, 4) is 22.3 Å². The largest absolute Gasteiger partial charge is 0.370 e. The third kappa shape index (κ3) is 2.49. The zero-order valence-electron chi connectivity index (χ0n) is 13.5. The fraction of sp³-hybridized carbons (Fsp3) is 0.263. The van der Waals surface area contributed by atoms with Gasteiger partial charge < -0.3 is 5.32 Å². The van der Waals surface area contributed by atoms with Crippen molar-refractivity contribution in [1.29, 1.82) is 5.26 Å². The number of aromatic nitrogens is 2. The number of hydrogen-bond donors (Lipinski definition) is 1. The lowest BCUT2D eigenvalue weighted by molar-refractivity contribution is 0.780. The topological polar surface area (TPSA) is 53.6 Å². The fourth-order valence-electron chi connectivity index (χ4n) is 3.19. The van der Waals surface area contributed by atoms with E-state index in [2.05, 4.69) is 30.4 Å². The van der Waals surface area contributed by atoms with Gasteiger partial charge in [-0.15, -0.1) is 11.3 Å². The third-order valence-corrected chi connectivity index (χ3v) is 5.36. The molecular weight excluding hydrogens is 316 g/mol. The highest BCUT2D eigenvalue weighted by atomic mass is 32.1. The fourth-order valence-corrected chi connectivity index (χ4v) is 4.07. The van der Waals surface area contributed by atoms with Crippen molar-refractivity contribution in [2.45, 2.75) is 26.2 Å². The first-order chi connectivity index (χ1) is 11.8. The average Bonchev–Trinajstić information content (AvgIpc) is 3.10. The van der Waals surface area contributed by atoms with Gasteiger partial charge in [-0.1, -0.05) is 12.1 Å². The first-order valence-corrected chi connectivity index (χ1v) is 9.01. The van der Waals surface area contributed by atoms with Gasteiger partial charge in [0, 0.05) is 17.0 Å². The molecule has 2 aromatic heterocycles. The minimum Gasteiger partial charge on any atom is -0.370 e. The standard InChI is InChI=1S/C19H18N4S/c1-13-9-10-17(24-13)18-15-7-4-5-11-21-19(15)23(22-18)16-8-3-2-6-14(16)12-20/h2-3,6,8-10,21H,4-5,7,11H2,1H3. The van der Waals surface area contributed by atoms with Gasteiger partial charge in [0.25, 0.3) is 0 Å². The van der Waals surface area contributed by atoms with Crippen LogP contribution in [0.15, 0.2) is 36.4 Å². The van der Waals surface area contributed by atoms with Crippen molar-refractivity contribution < 1.29 is 0 Å². The van der Waals surface area contributed by atoms with Crippen LogP contribution in [-0.4, -0.2) is 16.3 Å². The Labute approximate surface area is 145 Å². The van der Waals surface area contributed by atoms with E-state index >= 15 is 0 Å². The molecule has 1 aliphatic heterocycles. The molecule has 0 radical (unpaired) electrons. The summed E-state index contributed by atoms with van der Waals surface area (Å²) in [6, 6.07) is 14.2. The minimum atomic E-state index is 0.641. The highest BCUT2D eigenvalue weighted by Crippen LogP contribution is 2.37. The Morgan fingerprint density at radius 3 is 2.88 bits per heavy atom. The molecule has 24 heavy (non-hydrogen) atoms. The van der Waals surface area contributed by atoms with Crippen molar-refractivity contribution in [3.63, 3.8) is 0 Å². The normalized spacial score (nSPS) is 13.7. The molecule has 0 bridgehead atoms. The van der Waals surface area contributed by atoms with Crippen LogP contribution in [0, 0.1) is 18.3 Å². The molecule has 0 fully saturated rings. The van der Waals surface area contributed by atoms with Gasteiger partial charge in [-0.3, -0.25) is 0 Å². The van der Waals surface area contributed by atoms with Gasteiger partial charge in [-0.05, 0) is 50.5 Å². The van der Waals surface area contributed by atoms with E-state index in [-0.39, 0.29) is 0 Å². The number of aryl methyl sites for hydroxylation is 1. The van der Waals surface area contributed by atoms with Crippen LogP contribution in [0.1, 0.15) is 28.8 Å². The lowest BCUT2D eigenvalue weighted by Gasteiger charge is -2.10. The van der Waals surface area contributed by atoms with Crippen molar-refractivity contribution in [3.05, 3.63) is 52.4 Å². The number of nitriles is 1. The highest BCUT2D eigenvalue weighted by Gasteiger charge is 2.23. The maximum atomic E-state index is 9.46. The molecule has 3 heterocycles. The Bertz CT molecular complexity index is 929. The number of fused-ring (bicyclic) bond motifs is 1. The SMILES string of the molecule is Cc1ccc(-c2nn(-c3ccccc3C#N)c3c2CCCCN3)s1.